The molecule has 58 valence electrons. The van der Waals surface area contributed by atoms with Gasteiger partial charge < -0.3 is 0 Å². The molecule has 0 rings (SSSR count). The van der Waals surface area contributed by atoms with Crippen molar-refractivity contribution in [3.05, 3.63) is 0 Å². The predicted molar refractivity (Wildman–Crippen MR) is 46.7 cm³/mol. The van der Waals surface area contributed by atoms with Gasteiger partial charge in [-0.05, 0) is 25.7 Å². The third-order valence-electron chi connectivity index (χ3n) is 1.36. The summed E-state index contributed by atoms with van der Waals surface area (Å²) < 4.78 is 0. The van der Waals surface area contributed by atoms with Crippen molar-refractivity contribution in [1.82, 2.24) is 0 Å². The van der Waals surface area contributed by atoms with Gasteiger partial charge in [0, 0.05) is 5.41 Å². The van der Waals surface area contributed by atoms with Crippen LogP contribution in [0.1, 0.15) is 41.0 Å². The van der Waals surface area contributed by atoms with E-state index in [0.29, 0.717) is 5.41 Å². The summed E-state index contributed by atoms with van der Waals surface area (Å²) in [5.74, 6) is 2.80. The molecule has 0 aromatic rings. The first-order valence-electron chi connectivity index (χ1n) is 3.75. The Labute approximate surface area is 65.0 Å². The summed E-state index contributed by atoms with van der Waals surface area (Å²) in [6.45, 7) is 10.9. The van der Waals surface area contributed by atoms with Crippen molar-refractivity contribution < 1.29 is 0 Å². The van der Waals surface area contributed by atoms with Crippen molar-refractivity contribution in [1.29, 1.82) is 0 Å². The largest absolute Gasteiger partial charge is 0.120 e. The van der Waals surface area contributed by atoms with Crippen molar-refractivity contribution in [2.45, 2.75) is 41.0 Å². The minimum atomic E-state index is 0.0538. The molecule has 0 unspecified atom stereocenters. The zero-order valence-electron chi connectivity index (χ0n) is 7.78. The van der Waals surface area contributed by atoms with Gasteiger partial charge in [0.25, 0.3) is 0 Å². The van der Waals surface area contributed by atoms with Gasteiger partial charge in [-0.1, -0.05) is 20.8 Å². The highest BCUT2D eigenvalue weighted by molar-refractivity contribution is 5.01. The average Bonchev–Trinajstić information content (AvgIpc) is 1.60. The quantitative estimate of drug-likeness (QED) is 0.488. The minimum Gasteiger partial charge on any atom is -0.120 e. The van der Waals surface area contributed by atoms with E-state index in [1.54, 1.807) is 0 Å². The van der Waals surface area contributed by atoms with Crippen LogP contribution in [0.25, 0.3) is 0 Å². The zero-order chi connectivity index (χ0) is 8.41. The molecule has 0 bridgehead atoms. The highest BCUT2D eigenvalue weighted by Gasteiger charge is 2.22. The first kappa shape index (κ1) is 9.56. The van der Waals surface area contributed by atoms with Crippen LogP contribution in [0.3, 0.4) is 0 Å². The maximum absolute atomic E-state index is 5.36. The van der Waals surface area contributed by atoms with Crippen LogP contribution in [0.15, 0.2) is 0 Å². The van der Waals surface area contributed by atoms with Crippen molar-refractivity contribution in [2.24, 2.45) is 10.8 Å². The Morgan fingerprint density at radius 1 is 1.10 bits per heavy atom. The summed E-state index contributed by atoms with van der Waals surface area (Å²) in [5, 5.41) is 0. The predicted octanol–water partition coefficient (Wildman–Crippen LogP) is 3.08. The Bertz CT molecular complexity index is 138. The standard InChI is InChI=1S/C10H18/c1-7-10(5,6)8-9(2,3)4/h1H,8H2,2-6H3. The molecule has 0 saturated heterocycles. The highest BCUT2D eigenvalue weighted by atomic mass is 14.3. The van der Waals surface area contributed by atoms with Gasteiger partial charge in [0.2, 0.25) is 0 Å². The molecule has 0 spiro atoms. The molecule has 0 fully saturated rings. The second-order valence-electron chi connectivity index (χ2n) is 4.77. The second kappa shape index (κ2) is 2.66. The smallest absolute Gasteiger partial charge is 0.0260 e. The zero-order valence-corrected chi connectivity index (χ0v) is 7.78. The van der Waals surface area contributed by atoms with Crippen molar-refractivity contribution in [3.8, 4) is 12.3 Å². The molecular formula is C10H18. The van der Waals surface area contributed by atoms with Crippen molar-refractivity contribution in [2.75, 3.05) is 0 Å². The fraction of sp³-hybridized carbons (Fsp3) is 0.800. The van der Waals surface area contributed by atoms with Gasteiger partial charge in [0.05, 0.1) is 0 Å². The molecule has 0 aliphatic rings. The van der Waals surface area contributed by atoms with Gasteiger partial charge in [0.15, 0.2) is 0 Å². The molecule has 0 nitrogen and oxygen atoms in total. The van der Waals surface area contributed by atoms with Crippen molar-refractivity contribution in [3.63, 3.8) is 0 Å². The Hall–Kier alpha value is -0.440. The van der Waals surface area contributed by atoms with Crippen LogP contribution in [0, 0.1) is 23.2 Å². The molecule has 0 amide bonds. The van der Waals surface area contributed by atoms with Crippen LogP contribution in [0.5, 0.6) is 0 Å². The summed E-state index contributed by atoms with van der Waals surface area (Å²) in [6.07, 6.45) is 6.44. The van der Waals surface area contributed by atoms with Crippen LogP contribution >= 0.6 is 0 Å². The van der Waals surface area contributed by atoms with Crippen LogP contribution in [-0.2, 0) is 0 Å². The van der Waals surface area contributed by atoms with Gasteiger partial charge in [0.1, 0.15) is 0 Å². The van der Waals surface area contributed by atoms with Crippen LogP contribution in [0.2, 0.25) is 0 Å². The number of hydrogen-bond acceptors (Lipinski definition) is 0. The molecule has 0 aliphatic heterocycles. The van der Waals surface area contributed by atoms with E-state index in [1.165, 1.54) is 0 Å². The van der Waals surface area contributed by atoms with Crippen LogP contribution in [0.4, 0.5) is 0 Å². The van der Waals surface area contributed by atoms with Crippen LogP contribution in [-0.4, -0.2) is 0 Å². The van der Waals surface area contributed by atoms with Crippen molar-refractivity contribution >= 4 is 0 Å². The van der Waals surface area contributed by atoms with E-state index >= 15 is 0 Å². The molecule has 0 N–H and O–H groups in total. The lowest BCUT2D eigenvalue weighted by Gasteiger charge is -2.27. The average molecular weight is 138 g/mol. The second-order valence-corrected chi connectivity index (χ2v) is 4.77. The normalized spacial score (nSPS) is 12.8. The topological polar surface area (TPSA) is 0 Å². The SMILES string of the molecule is C#CC(C)(C)CC(C)(C)C. The first-order chi connectivity index (χ1) is 4.27. The number of rotatable bonds is 1. The summed E-state index contributed by atoms with van der Waals surface area (Å²) in [7, 11) is 0. The number of hydrogen-bond donors (Lipinski definition) is 0. The molecule has 0 atom stereocenters. The summed E-state index contributed by atoms with van der Waals surface area (Å²) in [5.41, 5.74) is 0.397. The van der Waals surface area contributed by atoms with Gasteiger partial charge in [-0.15, -0.1) is 12.3 Å². The third-order valence-corrected chi connectivity index (χ3v) is 1.36. The molecule has 10 heavy (non-hydrogen) atoms. The Kier molecular flexibility index (Phi) is 2.54. The van der Waals surface area contributed by atoms with E-state index in [0.717, 1.165) is 6.42 Å². The van der Waals surface area contributed by atoms with E-state index in [4.69, 9.17) is 6.42 Å². The molecule has 0 aromatic carbocycles. The minimum absolute atomic E-state index is 0.0538. The Balaban J connectivity index is 4.05. The summed E-state index contributed by atoms with van der Waals surface area (Å²) in [4.78, 5) is 0. The van der Waals surface area contributed by atoms with E-state index in [1.807, 2.05) is 0 Å². The lowest BCUT2D eigenvalue weighted by molar-refractivity contribution is 0.271. The molecular weight excluding hydrogens is 120 g/mol. The van der Waals surface area contributed by atoms with Gasteiger partial charge in [-0.25, -0.2) is 0 Å². The van der Waals surface area contributed by atoms with Crippen LogP contribution < -0.4 is 0 Å². The first-order valence-corrected chi connectivity index (χ1v) is 3.75. The highest BCUT2D eigenvalue weighted by Crippen LogP contribution is 2.31. The maximum Gasteiger partial charge on any atom is 0.0260 e. The van der Waals surface area contributed by atoms with E-state index in [9.17, 15) is 0 Å². The lowest BCUT2D eigenvalue weighted by atomic mass is 9.77. The fourth-order valence-corrected chi connectivity index (χ4v) is 1.38. The monoisotopic (exact) mass is 138 g/mol. The molecule has 0 aliphatic carbocycles. The molecule has 0 radical (unpaired) electrons. The number of terminal acetylenes is 1. The van der Waals surface area contributed by atoms with Gasteiger partial charge in [-0.2, -0.15) is 0 Å². The van der Waals surface area contributed by atoms with E-state index in [-0.39, 0.29) is 5.41 Å². The fourth-order valence-electron chi connectivity index (χ4n) is 1.38. The Morgan fingerprint density at radius 2 is 1.50 bits per heavy atom. The third kappa shape index (κ3) is 4.44. The van der Waals surface area contributed by atoms with Gasteiger partial charge >= 0.3 is 0 Å². The molecule has 0 saturated carbocycles. The lowest BCUT2D eigenvalue weighted by Crippen LogP contribution is -2.18. The molecule has 0 heterocycles. The molecule has 0 aromatic heterocycles. The van der Waals surface area contributed by atoms with Gasteiger partial charge in [-0.3, -0.25) is 0 Å². The van der Waals surface area contributed by atoms with E-state index < -0.39 is 0 Å². The Morgan fingerprint density at radius 3 is 1.60 bits per heavy atom. The maximum atomic E-state index is 5.36. The summed E-state index contributed by atoms with van der Waals surface area (Å²) in [6, 6.07) is 0. The summed E-state index contributed by atoms with van der Waals surface area (Å²) >= 11 is 0. The van der Waals surface area contributed by atoms with E-state index in [2.05, 4.69) is 40.5 Å². The molecule has 0 heteroatoms.